The molecule has 0 aromatic heterocycles. The molecule has 0 saturated heterocycles. The van der Waals surface area contributed by atoms with E-state index in [0.717, 1.165) is 38.5 Å². The molecule has 2 saturated carbocycles. The van der Waals surface area contributed by atoms with Crippen molar-refractivity contribution >= 4 is 9.84 Å². The monoisotopic (exact) mass is 227 g/mol. The van der Waals surface area contributed by atoms with Gasteiger partial charge in [-0.2, -0.15) is 5.26 Å². The molecular formula is C11H17NO2S. The van der Waals surface area contributed by atoms with Crippen molar-refractivity contribution in [2.45, 2.75) is 50.2 Å². The van der Waals surface area contributed by atoms with Gasteiger partial charge >= 0.3 is 0 Å². The van der Waals surface area contributed by atoms with Gasteiger partial charge in [0.2, 0.25) is 0 Å². The third-order valence-electron chi connectivity index (χ3n) is 3.73. The molecule has 0 radical (unpaired) electrons. The predicted octanol–water partition coefficient (Wildman–Crippen LogP) is 2.04. The largest absolute Gasteiger partial charge is 0.229 e. The molecule has 0 unspecified atom stereocenters. The van der Waals surface area contributed by atoms with Crippen LogP contribution in [0.3, 0.4) is 0 Å². The molecule has 0 heterocycles. The highest BCUT2D eigenvalue weighted by molar-refractivity contribution is 7.92. The van der Waals surface area contributed by atoms with Crippen molar-refractivity contribution in [2.75, 3.05) is 5.75 Å². The van der Waals surface area contributed by atoms with Crippen LogP contribution >= 0.6 is 0 Å². The van der Waals surface area contributed by atoms with E-state index >= 15 is 0 Å². The van der Waals surface area contributed by atoms with E-state index in [2.05, 4.69) is 6.07 Å². The summed E-state index contributed by atoms with van der Waals surface area (Å²) in [5.74, 6) is 0.262. The molecule has 2 aliphatic rings. The number of rotatable bonds is 4. The van der Waals surface area contributed by atoms with Crippen molar-refractivity contribution in [3.63, 3.8) is 0 Å². The number of nitriles is 1. The summed E-state index contributed by atoms with van der Waals surface area (Å²) in [6, 6.07) is 2.12. The third kappa shape index (κ3) is 2.34. The SMILES string of the molecule is N#CCC1(CS(=O)(=O)C2CCCC2)CC1. The van der Waals surface area contributed by atoms with Crippen LogP contribution in [0.25, 0.3) is 0 Å². The topological polar surface area (TPSA) is 57.9 Å². The maximum Gasteiger partial charge on any atom is 0.153 e. The van der Waals surface area contributed by atoms with E-state index in [4.69, 9.17) is 5.26 Å². The first-order valence-electron chi connectivity index (χ1n) is 5.67. The first kappa shape index (κ1) is 10.9. The number of hydrogen-bond acceptors (Lipinski definition) is 3. The molecule has 0 N–H and O–H groups in total. The third-order valence-corrected chi connectivity index (χ3v) is 6.23. The Kier molecular flexibility index (Phi) is 2.76. The second-order valence-corrected chi connectivity index (χ2v) is 7.33. The normalized spacial score (nSPS) is 25.0. The van der Waals surface area contributed by atoms with E-state index in [1.165, 1.54) is 0 Å². The molecule has 15 heavy (non-hydrogen) atoms. The summed E-state index contributed by atoms with van der Waals surface area (Å²) in [5, 5.41) is 8.56. The molecule has 0 aromatic carbocycles. The first-order chi connectivity index (χ1) is 7.08. The van der Waals surface area contributed by atoms with Crippen molar-refractivity contribution in [1.29, 1.82) is 5.26 Å². The maximum atomic E-state index is 12.1. The van der Waals surface area contributed by atoms with Gasteiger partial charge in [-0.3, -0.25) is 0 Å². The molecule has 0 bridgehead atoms. The van der Waals surface area contributed by atoms with Gasteiger partial charge in [0.15, 0.2) is 9.84 Å². The zero-order valence-electron chi connectivity index (χ0n) is 8.91. The summed E-state index contributed by atoms with van der Waals surface area (Å²) in [5.41, 5.74) is -0.157. The lowest BCUT2D eigenvalue weighted by atomic mass is 10.1. The quantitative estimate of drug-likeness (QED) is 0.738. The summed E-state index contributed by atoms with van der Waals surface area (Å²) in [6.07, 6.45) is 6.04. The van der Waals surface area contributed by atoms with Crippen LogP contribution in [0.1, 0.15) is 44.9 Å². The molecule has 2 rings (SSSR count). The van der Waals surface area contributed by atoms with Crippen LogP contribution in [0, 0.1) is 16.7 Å². The Balaban J connectivity index is 2.01. The Labute approximate surface area is 91.4 Å². The fraction of sp³-hybridized carbons (Fsp3) is 0.909. The highest BCUT2D eigenvalue weighted by Crippen LogP contribution is 2.50. The van der Waals surface area contributed by atoms with E-state index in [1.54, 1.807) is 0 Å². The van der Waals surface area contributed by atoms with Crippen LogP contribution < -0.4 is 0 Å². The van der Waals surface area contributed by atoms with Crippen molar-refractivity contribution in [2.24, 2.45) is 5.41 Å². The lowest BCUT2D eigenvalue weighted by Crippen LogP contribution is -2.26. The van der Waals surface area contributed by atoms with Gasteiger partial charge < -0.3 is 0 Å². The summed E-state index contributed by atoms with van der Waals surface area (Å²) < 4.78 is 24.1. The van der Waals surface area contributed by atoms with Crippen molar-refractivity contribution in [1.82, 2.24) is 0 Å². The molecule has 84 valence electrons. The van der Waals surface area contributed by atoms with E-state index in [9.17, 15) is 8.42 Å². The van der Waals surface area contributed by atoms with E-state index in [-0.39, 0.29) is 16.4 Å². The fourth-order valence-corrected chi connectivity index (χ4v) is 5.04. The van der Waals surface area contributed by atoms with Crippen molar-refractivity contribution in [3.8, 4) is 6.07 Å². The van der Waals surface area contributed by atoms with Crippen molar-refractivity contribution in [3.05, 3.63) is 0 Å². The second kappa shape index (κ2) is 3.79. The van der Waals surface area contributed by atoms with Gasteiger partial charge in [0.25, 0.3) is 0 Å². The van der Waals surface area contributed by atoms with Crippen LogP contribution in [-0.4, -0.2) is 19.4 Å². The summed E-state index contributed by atoms with van der Waals surface area (Å²) in [4.78, 5) is 0. The minimum absolute atomic E-state index is 0.103. The molecule has 4 heteroatoms. The Morgan fingerprint density at radius 1 is 1.27 bits per heavy atom. The van der Waals surface area contributed by atoms with Gasteiger partial charge in [0, 0.05) is 6.42 Å². The van der Waals surface area contributed by atoms with Crippen LogP contribution in [-0.2, 0) is 9.84 Å². The fourth-order valence-electron chi connectivity index (χ4n) is 2.51. The first-order valence-corrected chi connectivity index (χ1v) is 7.38. The van der Waals surface area contributed by atoms with Gasteiger partial charge in [-0.05, 0) is 31.1 Å². The van der Waals surface area contributed by atoms with Gasteiger partial charge in [-0.25, -0.2) is 8.42 Å². The molecule has 0 aliphatic heterocycles. The summed E-state index contributed by atoms with van der Waals surface area (Å²) in [6.45, 7) is 0. The average Bonchev–Trinajstić information content (AvgIpc) is 2.70. The highest BCUT2D eigenvalue weighted by Gasteiger charge is 2.47. The van der Waals surface area contributed by atoms with Gasteiger partial charge in [-0.1, -0.05) is 12.8 Å². The smallest absolute Gasteiger partial charge is 0.153 e. The predicted molar refractivity (Wildman–Crippen MR) is 57.9 cm³/mol. The van der Waals surface area contributed by atoms with Crippen molar-refractivity contribution < 1.29 is 8.42 Å². The van der Waals surface area contributed by atoms with Gasteiger partial charge in [0.05, 0.1) is 17.1 Å². The molecule has 0 aromatic rings. The lowest BCUT2D eigenvalue weighted by Gasteiger charge is -2.15. The second-order valence-electron chi connectivity index (χ2n) is 5.05. The van der Waals surface area contributed by atoms with Gasteiger partial charge in [-0.15, -0.1) is 0 Å². The van der Waals surface area contributed by atoms with Crippen LogP contribution in [0.4, 0.5) is 0 Å². The Morgan fingerprint density at radius 2 is 1.87 bits per heavy atom. The average molecular weight is 227 g/mol. The molecule has 3 nitrogen and oxygen atoms in total. The lowest BCUT2D eigenvalue weighted by molar-refractivity contribution is 0.536. The Hall–Kier alpha value is -0.560. The zero-order chi connectivity index (χ0) is 10.9. The number of hydrogen-bond donors (Lipinski definition) is 0. The summed E-state index contributed by atoms with van der Waals surface area (Å²) >= 11 is 0. The number of sulfone groups is 1. The molecular weight excluding hydrogens is 210 g/mol. The minimum atomic E-state index is -2.93. The van der Waals surface area contributed by atoms with Crippen LogP contribution in [0.5, 0.6) is 0 Å². The highest BCUT2D eigenvalue weighted by atomic mass is 32.2. The molecule has 2 fully saturated rings. The van der Waals surface area contributed by atoms with E-state index < -0.39 is 9.84 Å². The molecule has 0 amide bonds. The summed E-state index contributed by atoms with van der Waals surface area (Å²) in [7, 11) is -2.93. The maximum absolute atomic E-state index is 12.1. The standard InChI is InChI=1S/C11H17NO2S/c12-8-7-11(5-6-11)9-15(13,14)10-3-1-2-4-10/h10H,1-7,9H2. The molecule has 0 atom stereocenters. The van der Waals surface area contributed by atoms with E-state index in [1.807, 2.05) is 0 Å². The minimum Gasteiger partial charge on any atom is -0.229 e. The molecule has 2 aliphatic carbocycles. The van der Waals surface area contributed by atoms with Crippen LogP contribution in [0.15, 0.2) is 0 Å². The zero-order valence-corrected chi connectivity index (χ0v) is 9.72. The van der Waals surface area contributed by atoms with Crippen LogP contribution in [0.2, 0.25) is 0 Å². The van der Waals surface area contributed by atoms with Gasteiger partial charge in [0.1, 0.15) is 0 Å². The van der Waals surface area contributed by atoms with E-state index in [0.29, 0.717) is 6.42 Å². The number of nitrogens with zero attached hydrogens (tertiary/aromatic N) is 1. The Morgan fingerprint density at radius 3 is 2.33 bits per heavy atom. The Bertz CT molecular complexity index is 370. The molecule has 0 spiro atoms.